The molecule has 0 aliphatic carbocycles. The molecular weight excluding hydrogens is 196 g/mol. The summed E-state index contributed by atoms with van der Waals surface area (Å²) in [6, 6.07) is 7.37. The van der Waals surface area contributed by atoms with Gasteiger partial charge in [-0.2, -0.15) is 0 Å². The molecular formula is C11H14O2S. The molecule has 0 fully saturated rings. The molecule has 1 atom stereocenters. The van der Waals surface area contributed by atoms with Crippen molar-refractivity contribution in [2.75, 3.05) is 5.75 Å². The molecule has 0 saturated heterocycles. The lowest BCUT2D eigenvalue weighted by molar-refractivity contribution is 0.594. The Balaban J connectivity index is 2.65. The highest BCUT2D eigenvalue weighted by atomic mass is 32.2. The molecule has 76 valence electrons. The third kappa shape index (κ3) is 1.57. The lowest BCUT2D eigenvalue weighted by Crippen LogP contribution is -2.05. The molecule has 0 amide bonds. The first-order valence-corrected chi connectivity index (χ1v) is 6.58. The van der Waals surface area contributed by atoms with Gasteiger partial charge in [-0.3, -0.25) is 0 Å². The lowest BCUT2D eigenvalue weighted by atomic mass is 9.97. The summed E-state index contributed by atoms with van der Waals surface area (Å²) in [4.78, 5) is 0.546. The Labute approximate surface area is 84.9 Å². The van der Waals surface area contributed by atoms with E-state index in [4.69, 9.17) is 0 Å². The Morgan fingerprint density at radius 2 is 2.00 bits per heavy atom. The van der Waals surface area contributed by atoms with E-state index in [1.807, 2.05) is 12.1 Å². The summed E-state index contributed by atoms with van der Waals surface area (Å²) in [5.74, 6) is 0.664. The first kappa shape index (κ1) is 9.71. The fourth-order valence-electron chi connectivity index (χ4n) is 2.02. The van der Waals surface area contributed by atoms with Crippen LogP contribution in [0, 0.1) is 0 Å². The average Bonchev–Trinajstić information content (AvgIpc) is 2.27. The van der Waals surface area contributed by atoms with Crippen LogP contribution in [-0.2, 0) is 9.84 Å². The Hall–Kier alpha value is -0.830. The van der Waals surface area contributed by atoms with E-state index in [1.54, 1.807) is 12.1 Å². The van der Waals surface area contributed by atoms with Crippen molar-refractivity contribution in [3.63, 3.8) is 0 Å². The van der Waals surface area contributed by atoms with Gasteiger partial charge in [0, 0.05) is 0 Å². The van der Waals surface area contributed by atoms with E-state index in [0.717, 1.165) is 18.4 Å². The monoisotopic (exact) mass is 210 g/mol. The topological polar surface area (TPSA) is 34.1 Å². The molecule has 1 unspecified atom stereocenters. The Morgan fingerprint density at radius 1 is 1.29 bits per heavy atom. The van der Waals surface area contributed by atoms with E-state index in [1.165, 1.54) is 0 Å². The lowest BCUT2D eigenvalue weighted by Gasteiger charge is -2.10. The minimum absolute atomic E-state index is 0.300. The highest BCUT2D eigenvalue weighted by Crippen LogP contribution is 2.31. The van der Waals surface area contributed by atoms with E-state index >= 15 is 0 Å². The van der Waals surface area contributed by atoms with Crippen LogP contribution in [0.3, 0.4) is 0 Å². The van der Waals surface area contributed by atoms with Crippen molar-refractivity contribution in [3.05, 3.63) is 29.8 Å². The number of benzene rings is 1. The standard InChI is InChI=1S/C11H14O2S/c1-9-5-4-8-14(12,13)11-7-3-2-6-10(9)11/h2-3,6-7,9H,4-5,8H2,1H3. The molecule has 2 rings (SSSR count). The average molecular weight is 210 g/mol. The first-order chi connectivity index (χ1) is 6.61. The summed E-state index contributed by atoms with van der Waals surface area (Å²) >= 11 is 0. The van der Waals surface area contributed by atoms with Crippen LogP contribution < -0.4 is 0 Å². The van der Waals surface area contributed by atoms with Gasteiger partial charge in [0.05, 0.1) is 10.6 Å². The molecule has 0 bridgehead atoms. The molecule has 1 heterocycles. The van der Waals surface area contributed by atoms with Crippen LogP contribution in [0.5, 0.6) is 0 Å². The van der Waals surface area contributed by atoms with Gasteiger partial charge in [0.25, 0.3) is 0 Å². The van der Waals surface area contributed by atoms with Crippen LogP contribution in [0.4, 0.5) is 0 Å². The number of sulfone groups is 1. The van der Waals surface area contributed by atoms with Gasteiger partial charge in [0.15, 0.2) is 9.84 Å². The molecule has 0 N–H and O–H groups in total. The van der Waals surface area contributed by atoms with Crippen LogP contribution in [-0.4, -0.2) is 14.2 Å². The molecule has 0 radical (unpaired) electrons. The van der Waals surface area contributed by atoms with Crippen LogP contribution in [0.2, 0.25) is 0 Å². The first-order valence-electron chi connectivity index (χ1n) is 4.93. The number of hydrogen-bond donors (Lipinski definition) is 0. The van der Waals surface area contributed by atoms with Gasteiger partial charge in [-0.25, -0.2) is 8.42 Å². The Kier molecular flexibility index (Phi) is 2.35. The zero-order valence-electron chi connectivity index (χ0n) is 8.23. The van der Waals surface area contributed by atoms with Crippen molar-refractivity contribution >= 4 is 9.84 Å². The van der Waals surface area contributed by atoms with Gasteiger partial charge in [0.1, 0.15) is 0 Å². The van der Waals surface area contributed by atoms with Crippen LogP contribution in [0.15, 0.2) is 29.2 Å². The zero-order chi connectivity index (χ0) is 10.2. The van der Waals surface area contributed by atoms with Crippen molar-refractivity contribution < 1.29 is 8.42 Å². The summed E-state index contributed by atoms with van der Waals surface area (Å²) in [5, 5.41) is 0. The maximum atomic E-state index is 11.8. The van der Waals surface area contributed by atoms with Crippen molar-refractivity contribution in [1.82, 2.24) is 0 Å². The van der Waals surface area contributed by atoms with Crippen LogP contribution in [0.25, 0.3) is 0 Å². The van der Waals surface area contributed by atoms with Crippen molar-refractivity contribution in [2.45, 2.75) is 30.6 Å². The van der Waals surface area contributed by atoms with E-state index in [2.05, 4.69) is 6.92 Å². The maximum absolute atomic E-state index is 11.8. The second kappa shape index (κ2) is 3.39. The van der Waals surface area contributed by atoms with Crippen molar-refractivity contribution in [3.8, 4) is 0 Å². The van der Waals surface area contributed by atoms with Crippen LogP contribution >= 0.6 is 0 Å². The summed E-state index contributed by atoms with van der Waals surface area (Å²) in [7, 11) is -3.01. The summed E-state index contributed by atoms with van der Waals surface area (Å²) < 4.78 is 23.7. The largest absolute Gasteiger partial charge is 0.224 e. The van der Waals surface area contributed by atoms with Gasteiger partial charge in [-0.15, -0.1) is 0 Å². The quantitative estimate of drug-likeness (QED) is 0.658. The highest BCUT2D eigenvalue weighted by molar-refractivity contribution is 7.91. The zero-order valence-corrected chi connectivity index (χ0v) is 9.05. The third-order valence-corrected chi connectivity index (χ3v) is 4.70. The molecule has 14 heavy (non-hydrogen) atoms. The fourth-order valence-corrected chi connectivity index (χ4v) is 3.70. The molecule has 1 aromatic carbocycles. The second-order valence-electron chi connectivity index (χ2n) is 3.90. The number of rotatable bonds is 0. The normalized spacial score (nSPS) is 25.1. The summed E-state index contributed by atoms with van der Waals surface area (Å²) in [6.07, 6.45) is 1.74. The van der Waals surface area contributed by atoms with Crippen LogP contribution in [0.1, 0.15) is 31.2 Å². The molecule has 1 aromatic rings. The van der Waals surface area contributed by atoms with E-state index in [9.17, 15) is 8.42 Å². The number of fused-ring (bicyclic) bond motifs is 1. The minimum atomic E-state index is -3.01. The highest BCUT2D eigenvalue weighted by Gasteiger charge is 2.24. The molecule has 0 spiro atoms. The SMILES string of the molecule is CC1CCCS(=O)(=O)c2ccccc21. The third-order valence-electron chi connectivity index (χ3n) is 2.84. The predicted molar refractivity (Wildman–Crippen MR) is 56.1 cm³/mol. The molecule has 0 saturated carbocycles. The predicted octanol–water partition coefficient (Wildman–Crippen LogP) is 2.36. The smallest absolute Gasteiger partial charge is 0.178 e. The second-order valence-corrected chi connectivity index (χ2v) is 5.98. The molecule has 2 nitrogen and oxygen atoms in total. The van der Waals surface area contributed by atoms with Gasteiger partial charge in [0.2, 0.25) is 0 Å². The number of hydrogen-bond acceptors (Lipinski definition) is 2. The van der Waals surface area contributed by atoms with Gasteiger partial charge in [-0.05, 0) is 30.4 Å². The fraction of sp³-hybridized carbons (Fsp3) is 0.455. The molecule has 1 aliphatic heterocycles. The van der Waals surface area contributed by atoms with Crippen molar-refractivity contribution in [2.24, 2.45) is 0 Å². The van der Waals surface area contributed by atoms with E-state index < -0.39 is 9.84 Å². The van der Waals surface area contributed by atoms with E-state index in [0.29, 0.717) is 16.6 Å². The van der Waals surface area contributed by atoms with Gasteiger partial charge in [-0.1, -0.05) is 25.1 Å². The van der Waals surface area contributed by atoms with Crippen molar-refractivity contribution in [1.29, 1.82) is 0 Å². The molecule has 0 aromatic heterocycles. The molecule has 3 heteroatoms. The molecule has 1 aliphatic rings. The maximum Gasteiger partial charge on any atom is 0.178 e. The van der Waals surface area contributed by atoms with Gasteiger partial charge < -0.3 is 0 Å². The van der Waals surface area contributed by atoms with E-state index in [-0.39, 0.29) is 0 Å². The Morgan fingerprint density at radius 3 is 2.79 bits per heavy atom. The van der Waals surface area contributed by atoms with Gasteiger partial charge >= 0.3 is 0 Å². The summed E-state index contributed by atoms with van der Waals surface area (Å²) in [6.45, 7) is 2.10. The summed E-state index contributed by atoms with van der Waals surface area (Å²) in [5.41, 5.74) is 0.991. The Bertz CT molecular complexity index is 434. The minimum Gasteiger partial charge on any atom is -0.224 e.